The topological polar surface area (TPSA) is 25.8 Å². The Hall–Kier alpha value is -0.740. The standard InChI is InChI=1S/C9H8N2S2/c1-12-13-9-6-10-11-8-5-3-2-4-7(8)9/h2-6H,1H3. The molecule has 1 aromatic heterocycles. The molecule has 0 saturated carbocycles. The molecule has 66 valence electrons. The van der Waals surface area contributed by atoms with Gasteiger partial charge in [0.25, 0.3) is 0 Å². The summed E-state index contributed by atoms with van der Waals surface area (Å²) in [5.41, 5.74) is 0.960. The molecule has 2 rings (SSSR count). The van der Waals surface area contributed by atoms with Gasteiger partial charge in [0.05, 0.1) is 11.7 Å². The van der Waals surface area contributed by atoms with E-state index in [2.05, 4.69) is 22.5 Å². The zero-order chi connectivity index (χ0) is 9.10. The second-order valence-corrected chi connectivity index (χ2v) is 4.92. The van der Waals surface area contributed by atoms with Crippen molar-refractivity contribution < 1.29 is 0 Å². The summed E-state index contributed by atoms with van der Waals surface area (Å²) in [6.45, 7) is 0. The maximum absolute atomic E-state index is 4.05. The average Bonchev–Trinajstić information content (AvgIpc) is 2.19. The summed E-state index contributed by atoms with van der Waals surface area (Å²) in [4.78, 5) is 1.18. The fraction of sp³-hybridized carbons (Fsp3) is 0.111. The van der Waals surface area contributed by atoms with E-state index in [1.54, 1.807) is 21.6 Å². The molecule has 13 heavy (non-hydrogen) atoms. The van der Waals surface area contributed by atoms with Gasteiger partial charge in [0.1, 0.15) is 0 Å². The van der Waals surface area contributed by atoms with Crippen LogP contribution in [0.2, 0.25) is 0 Å². The Morgan fingerprint density at radius 2 is 2.08 bits per heavy atom. The molecular weight excluding hydrogens is 200 g/mol. The molecule has 0 aliphatic rings. The van der Waals surface area contributed by atoms with Crippen molar-refractivity contribution in [3.8, 4) is 0 Å². The third-order valence-electron chi connectivity index (χ3n) is 1.68. The van der Waals surface area contributed by atoms with Crippen LogP contribution in [0.5, 0.6) is 0 Å². The molecule has 0 saturated heterocycles. The van der Waals surface area contributed by atoms with Gasteiger partial charge in [0.2, 0.25) is 0 Å². The lowest BCUT2D eigenvalue weighted by atomic mass is 10.2. The smallest absolute Gasteiger partial charge is 0.0941 e. The minimum atomic E-state index is 0.960. The van der Waals surface area contributed by atoms with Gasteiger partial charge in [-0.2, -0.15) is 10.2 Å². The van der Waals surface area contributed by atoms with Crippen LogP contribution in [0.15, 0.2) is 35.4 Å². The molecule has 0 radical (unpaired) electrons. The zero-order valence-electron chi connectivity index (χ0n) is 7.10. The zero-order valence-corrected chi connectivity index (χ0v) is 8.73. The molecular formula is C9H8N2S2. The maximum Gasteiger partial charge on any atom is 0.0941 e. The normalized spacial score (nSPS) is 10.5. The molecule has 0 bridgehead atoms. The van der Waals surface area contributed by atoms with Crippen molar-refractivity contribution in [2.24, 2.45) is 0 Å². The third kappa shape index (κ3) is 1.78. The first-order valence-electron chi connectivity index (χ1n) is 3.83. The van der Waals surface area contributed by atoms with Crippen LogP contribution in [-0.4, -0.2) is 16.5 Å². The minimum Gasteiger partial charge on any atom is -0.157 e. The van der Waals surface area contributed by atoms with Gasteiger partial charge in [-0.1, -0.05) is 39.8 Å². The van der Waals surface area contributed by atoms with Gasteiger partial charge in [-0.15, -0.1) is 0 Å². The van der Waals surface area contributed by atoms with Gasteiger partial charge >= 0.3 is 0 Å². The number of aromatic nitrogens is 2. The van der Waals surface area contributed by atoms with E-state index >= 15 is 0 Å². The van der Waals surface area contributed by atoms with E-state index in [1.165, 1.54) is 10.3 Å². The summed E-state index contributed by atoms with van der Waals surface area (Å²) >= 11 is 0. The molecule has 1 heterocycles. The second-order valence-electron chi connectivity index (χ2n) is 2.48. The fourth-order valence-electron chi connectivity index (χ4n) is 1.14. The molecule has 0 aliphatic carbocycles. The Morgan fingerprint density at radius 1 is 1.23 bits per heavy atom. The molecule has 0 spiro atoms. The first-order chi connectivity index (χ1) is 6.42. The van der Waals surface area contributed by atoms with E-state index in [0.29, 0.717) is 0 Å². The van der Waals surface area contributed by atoms with E-state index in [-0.39, 0.29) is 0 Å². The summed E-state index contributed by atoms with van der Waals surface area (Å²) in [5, 5.41) is 9.18. The number of fused-ring (bicyclic) bond motifs is 1. The molecule has 0 amide bonds. The monoisotopic (exact) mass is 208 g/mol. The van der Waals surface area contributed by atoms with Crippen molar-refractivity contribution >= 4 is 32.5 Å². The Labute approximate surface area is 84.5 Å². The molecule has 2 aromatic rings. The van der Waals surface area contributed by atoms with Gasteiger partial charge in [-0.25, -0.2) is 0 Å². The first-order valence-corrected chi connectivity index (χ1v) is 6.38. The Bertz CT molecular complexity index is 412. The number of hydrogen-bond acceptors (Lipinski definition) is 4. The maximum atomic E-state index is 4.05. The van der Waals surface area contributed by atoms with Crippen LogP contribution in [0.25, 0.3) is 10.9 Å². The van der Waals surface area contributed by atoms with Crippen LogP contribution in [0, 0.1) is 0 Å². The van der Waals surface area contributed by atoms with Gasteiger partial charge in [-0.3, -0.25) is 0 Å². The molecule has 0 aliphatic heterocycles. The van der Waals surface area contributed by atoms with E-state index in [0.717, 1.165) is 5.52 Å². The Balaban J connectivity index is 2.61. The summed E-state index contributed by atoms with van der Waals surface area (Å²) in [6.07, 6.45) is 3.86. The average molecular weight is 208 g/mol. The lowest BCUT2D eigenvalue weighted by molar-refractivity contribution is 1.05. The third-order valence-corrected chi connectivity index (χ3v) is 3.39. The van der Waals surface area contributed by atoms with Crippen LogP contribution >= 0.6 is 21.6 Å². The molecule has 4 heteroatoms. The summed E-state index contributed by atoms with van der Waals surface area (Å²) in [7, 11) is 3.44. The van der Waals surface area contributed by atoms with Gasteiger partial charge in [0.15, 0.2) is 0 Å². The fourth-order valence-corrected chi connectivity index (χ4v) is 2.61. The highest BCUT2D eigenvalue weighted by molar-refractivity contribution is 8.76. The van der Waals surface area contributed by atoms with E-state index in [9.17, 15) is 0 Å². The van der Waals surface area contributed by atoms with Crippen LogP contribution in [0.1, 0.15) is 0 Å². The van der Waals surface area contributed by atoms with Gasteiger partial charge in [0, 0.05) is 10.3 Å². The quantitative estimate of drug-likeness (QED) is 0.709. The van der Waals surface area contributed by atoms with Crippen molar-refractivity contribution in [1.29, 1.82) is 0 Å². The van der Waals surface area contributed by atoms with E-state index in [1.807, 2.05) is 24.4 Å². The van der Waals surface area contributed by atoms with Crippen molar-refractivity contribution in [1.82, 2.24) is 10.2 Å². The van der Waals surface area contributed by atoms with Crippen molar-refractivity contribution in [2.75, 3.05) is 6.26 Å². The molecule has 0 atom stereocenters. The first kappa shape index (κ1) is 8.84. The van der Waals surface area contributed by atoms with Crippen molar-refractivity contribution in [3.63, 3.8) is 0 Å². The van der Waals surface area contributed by atoms with E-state index < -0.39 is 0 Å². The SMILES string of the molecule is CSSc1cnnc2ccccc12. The van der Waals surface area contributed by atoms with Crippen molar-refractivity contribution in [3.05, 3.63) is 30.5 Å². The number of nitrogens with zero attached hydrogens (tertiary/aromatic N) is 2. The highest BCUT2D eigenvalue weighted by Gasteiger charge is 2.01. The van der Waals surface area contributed by atoms with Crippen molar-refractivity contribution in [2.45, 2.75) is 4.90 Å². The summed E-state index contributed by atoms with van der Waals surface area (Å²) < 4.78 is 0. The molecule has 0 fully saturated rings. The molecule has 1 aromatic carbocycles. The molecule has 0 unspecified atom stereocenters. The number of hydrogen-bond donors (Lipinski definition) is 0. The second kappa shape index (κ2) is 3.98. The lowest BCUT2D eigenvalue weighted by Crippen LogP contribution is -1.84. The Morgan fingerprint density at radius 3 is 2.92 bits per heavy atom. The molecule has 0 N–H and O–H groups in total. The predicted octanol–water partition coefficient (Wildman–Crippen LogP) is 3.00. The number of benzene rings is 1. The van der Waals surface area contributed by atoms with Crippen LogP contribution in [0.3, 0.4) is 0 Å². The largest absolute Gasteiger partial charge is 0.157 e. The lowest BCUT2D eigenvalue weighted by Gasteiger charge is -2.00. The summed E-state index contributed by atoms with van der Waals surface area (Å²) in [6, 6.07) is 8.05. The highest BCUT2D eigenvalue weighted by Crippen LogP contribution is 2.32. The van der Waals surface area contributed by atoms with E-state index in [4.69, 9.17) is 0 Å². The van der Waals surface area contributed by atoms with Crippen LogP contribution in [0.4, 0.5) is 0 Å². The summed E-state index contributed by atoms with van der Waals surface area (Å²) in [5.74, 6) is 0. The van der Waals surface area contributed by atoms with Crippen LogP contribution < -0.4 is 0 Å². The van der Waals surface area contributed by atoms with Gasteiger partial charge < -0.3 is 0 Å². The minimum absolute atomic E-state index is 0.960. The Kier molecular flexibility index (Phi) is 2.71. The van der Waals surface area contributed by atoms with Gasteiger partial charge in [-0.05, 0) is 12.3 Å². The molecule has 2 nitrogen and oxygen atoms in total. The van der Waals surface area contributed by atoms with Crippen LogP contribution in [-0.2, 0) is 0 Å². The number of rotatable bonds is 2. The highest BCUT2D eigenvalue weighted by atomic mass is 33.1. The predicted molar refractivity (Wildman–Crippen MR) is 58.9 cm³/mol.